The number of imide groups is 1. The van der Waals surface area contributed by atoms with E-state index in [1.54, 1.807) is 0 Å². The molecule has 13 heavy (non-hydrogen) atoms. The van der Waals surface area contributed by atoms with Gasteiger partial charge in [-0.2, -0.15) is 5.06 Å². The monoisotopic (exact) mass is 184 g/mol. The van der Waals surface area contributed by atoms with E-state index >= 15 is 0 Å². The zero-order chi connectivity index (χ0) is 10.2. The van der Waals surface area contributed by atoms with E-state index in [4.69, 9.17) is 10.9 Å². The summed E-state index contributed by atoms with van der Waals surface area (Å²) in [5.74, 6) is -3.46. The number of carbonyl (C=O) groups excluding carboxylic acids is 3. The van der Waals surface area contributed by atoms with Crippen molar-refractivity contribution >= 4 is 17.7 Å². The van der Waals surface area contributed by atoms with Crippen LogP contribution in [0.4, 0.5) is 0 Å². The van der Waals surface area contributed by atoms with E-state index in [9.17, 15) is 14.4 Å². The van der Waals surface area contributed by atoms with Crippen LogP contribution in [-0.2, 0) is 14.4 Å². The summed E-state index contributed by atoms with van der Waals surface area (Å²) in [6, 6.07) is 0. The third-order valence-electron chi connectivity index (χ3n) is 1.86. The normalized spacial score (nSPS) is 22.2. The first kappa shape index (κ1) is 9.40. The minimum atomic E-state index is -1.00. The van der Waals surface area contributed by atoms with Crippen molar-refractivity contribution in [3.8, 4) is 0 Å². The summed E-state index contributed by atoms with van der Waals surface area (Å²) in [7, 11) is 0. The van der Waals surface area contributed by atoms with Crippen molar-refractivity contribution in [2.45, 2.75) is 6.42 Å². The average Bonchev–Trinajstić information content (AvgIpc) is 2.31. The lowest BCUT2D eigenvalue weighted by atomic mass is 9.99. The second-order valence-corrected chi connectivity index (χ2v) is 2.69. The molecule has 1 unspecified atom stereocenters. The summed E-state index contributed by atoms with van der Waals surface area (Å²) in [6.45, 7) is 3.27. The lowest BCUT2D eigenvalue weighted by Crippen LogP contribution is -2.29. The van der Waals surface area contributed by atoms with Gasteiger partial charge in [0.25, 0.3) is 11.8 Å². The topological polar surface area (TPSA) is 101 Å². The molecular formula is C7H8N2O4. The molecule has 1 aliphatic heterocycles. The highest BCUT2D eigenvalue weighted by Crippen LogP contribution is 2.23. The Bertz CT molecular complexity index is 310. The van der Waals surface area contributed by atoms with Crippen molar-refractivity contribution in [2.75, 3.05) is 0 Å². The Balaban J connectivity index is 2.86. The summed E-state index contributed by atoms with van der Waals surface area (Å²) >= 11 is 0. The maximum Gasteiger partial charge on any atom is 0.261 e. The molecule has 6 heteroatoms. The van der Waals surface area contributed by atoms with Crippen LogP contribution in [0.1, 0.15) is 6.42 Å². The van der Waals surface area contributed by atoms with E-state index in [2.05, 4.69) is 6.58 Å². The van der Waals surface area contributed by atoms with Crippen molar-refractivity contribution in [3.05, 3.63) is 12.2 Å². The Hall–Kier alpha value is -1.69. The highest BCUT2D eigenvalue weighted by Gasteiger charge is 2.40. The number of nitrogens with two attached hydrogens (primary N) is 1. The Morgan fingerprint density at radius 2 is 2.15 bits per heavy atom. The summed E-state index contributed by atoms with van der Waals surface area (Å²) in [6.07, 6.45) is -0.253. The molecule has 70 valence electrons. The zero-order valence-electron chi connectivity index (χ0n) is 6.69. The van der Waals surface area contributed by atoms with Crippen LogP contribution >= 0.6 is 0 Å². The number of hydrogen-bond acceptors (Lipinski definition) is 4. The smallest absolute Gasteiger partial charge is 0.261 e. The fourth-order valence-corrected chi connectivity index (χ4v) is 1.06. The number of amides is 3. The molecule has 0 aliphatic carbocycles. The van der Waals surface area contributed by atoms with Crippen molar-refractivity contribution < 1.29 is 19.6 Å². The average molecular weight is 184 g/mol. The summed E-state index contributed by atoms with van der Waals surface area (Å²) < 4.78 is 0. The molecule has 0 spiro atoms. The molecule has 3 N–H and O–H groups in total. The van der Waals surface area contributed by atoms with Gasteiger partial charge >= 0.3 is 0 Å². The van der Waals surface area contributed by atoms with Gasteiger partial charge in [0, 0.05) is 12.0 Å². The van der Waals surface area contributed by atoms with E-state index in [0.29, 0.717) is 0 Å². The zero-order valence-corrected chi connectivity index (χ0v) is 6.69. The number of hydrogen-bond donors (Lipinski definition) is 2. The maximum absolute atomic E-state index is 11.0. The van der Waals surface area contributed by atoms with Gasteiger partial charge in [-0.25, -0.2) is 0 Å². The van der Waals surface area contributed by atoms with Crippen molar-refractivity contribution in [2.24, 2.45) is 11.7 Å². The van der Waals surface area contributed by atoms with Crippen molar-refractivity contribution in [1.29, 1.82) is 0 Å². The van der Waals surface area contributed by atoms with Crippen molar-refractivity contribution in [3.63, 3.8) is 0 Å². The number of carbonyl (C=O) groups is 3. The molecule has 0 aromatic carbocycles. The molecule has 1 atom stereocenters. The number of rotatable bonds is 2. The Labute approximate surface area is 73.6 Å². The van der Waals surface area contributed by atoms with Crippen LogP contribution in [0.3, 0.4) is 0 Å². The van der Waals surface area contributed by atoms with Gasteiger partial charge in [0.1, 0.15) is 0 Å². The molecule has 1 rings (SSSR count). The first-order valence-corrected chi connectivity index (χ1v) is 3.49. The molecule has 0 aromatic rings. The highest BCUT2D eigenvalue weighted by atomic mass is 16.5. The lowest BCUT2D eigenvalue weighted by molar-refractivity contribution is -0.172. The number of nitrogens with zero attached hydrogens (tertiary/aromatic N) is 1. The molecule has 6 nitrogen and oxygen atoms in total. The molecular weight excluding hydrogens is 176 g/mol. The predicted molar refractivity (Wildman–Crippen MR) is 40.1 cm³/mol. The van der Waals surface area contributed by atoms with Crippen LogP contribution < -0.4 is 5.73 Å². The highest BCUT2D eigenvalue weighted by molar-refractivity contribution is 6.08. The fraction of sp³-hybridized carbons (Fsp3) is 0.286. The van der Waals surface area contributed by atoms with Gasteiger partial charge in [0.05, 0.1) is 5.92 Å². The SMILES string of the molecule is C=C(C(N)=O)C1CC(=O)N(O)C1=O. The molecule has 0 aromatic heterocycles. The van der Waals surface area contributed by atoms with Crippen LogP contribution in [0.25, 0.3) is 0 Å². The summed E-state index contributed by atoms with van der Waals surface area (Å²) in [5.41, 5.74) is 4.71. The van der Waals surface area contributed by atoms with Gasteiger partial charge in [-0.3, -0.25) is 19.6 Å². The van der Waals surface area contributed by atoms with Crippen LogP contribution in [0, 0.1) is 5.92 Å². The lowest BCUT2D eigenvalue weighted by Gasteiger charge is -2.06. The molecule has 1 saturated heterocycles. The predicted octanol–water partition coefficient (Wildman–Crippen LogP) is -1.21. The molecule has 1 heterocycles. The van der Waals surface area contributed by atoms with Gasteiger partial charge in [-0.1, -0.05) is 6.58 Å². The quantitative estimate of drug-likeness (QED) is 0.319. The first-order valence-electron chi connectivity index (χ1n) is 3.49. The molecule has 3 amide bonds. The molecule has 0 bridgehead atoms. The molecule has 0 radical (unpaired) electrons. The largest absolute Gasteiger partial charge is 0.366 e. The Kier molecular flexibility index (Phi) is 2.16. The standard InChI is InChI=1S/C7H8N2O4/c1-3(6(8)11)4-2-5(10)9(13)7(4)12/h4,13H,1-2H2,(H2,8,11). The molecule has 1 fully saturated rings. The maximum atomic E-state index is 11.0. The number of hydroxylamine groups is 2. The van der Waals surface area contributed by atoms with Gasteiger partial charge in [-0.05, 0) is 0 Å². The van der Waals surface area contributed by atoms with E-state index in [-0.39, 0.29) is 17.1 Å². The molecule has 0 saturated carbocycles. The van der Waals surface area contributed by atoms with E-state index in [0.717, 1.165) is 0 Å². The van der Waals surface area contributed by atoms with Crippen LogP contribution in [0.15, 0.2) is 12.2 Å². The first-order chi connectivity index (χ1) is 5.95. The Morgan fingerprint density at radius 1 is 1.62 bits per heavy atom. The van der Waals surface area contributed by atoms with Gasteiger partial charge in [0.2, 0.25) is 5.91 Å². The van der Waals surface area contributed by atoms with Gasteiger partial charge in [0.15, 0.2) is 0 Å². The second kappa shape index (κ2) is 2.98. The summed E-state index contributed by atoms with van der Waals surface area (Å²) in [4.78, 5) is 32.4. The third kappa shape index (κ3) is 1.43. The third-order valence-corrected chi connectivity index (χ3v) is 1.86. The second-order valence-electron chi connectivity index (χ2n) is 2.69. The van der Waals surface area contributed by atoms with Crippen LogP contribution in [0.5, 0.6) is 0 Å². The minimum Gasteiger partial charge on any atom is -0.366 e. The Morgan fingerprint density at radius 3 is 2.46 bits per heavy atom. The minimum absolute atomic E-state index is 0.0151. The fourth-order valence-electron chi connectivity index (χ4n) is 1.06. The van der Waals surface area contributed by atoms with E-state index in [1.165, 1.54) is 0 Å². The summed E-state index contributed by atoms with van der Waals surface area (Å²) in [5, 5.41) is 8.79. The van der Waals surface area contributed by atoms with Crippen LogP contribution in [0.2, 0.25) is 0 Å². The van der Waals surface area contributed by atoms with Gasteiger partial charge in [-0.15, -0.1) is 0 Å². The van der Waals surface area contributed by atoms with E-state index in [1.807, 2.05) is 0 Å². The van der Waals surface area contributed by atoms with E-state index < -0.39 is 23.6 Å². The number of primary amides is 1. The molecule has 1 aliphatic rings. The van der Waals surface area contributed by atoms with Crippen molar-refractivity contribution in [1.82, 2.24) is 5.06 Å². The van der Waals surface area contributed by atoms with Crippen LogP contribution in [-0.4, -0.2) is 28.0 Å². The van der Waals surface area contributed by atoms with Gasteiger partial charge < -0.3 is 5.73 Å².